The first-order valence-electron chi connectivity index (χ1n) is 9.37. The Morgan fingerprint density at radius 2 is 1.90 bits per heavy atom. The van der Waals surface area contributed by atoms with Crippen molar-refractivity contribution >= 4 is 52.9 Å². The van der Waals surface area contributed by atoms with E-state index in [4.69, 9.17) is 4.42 Å². The number of halogens is 1. The van der Waals surface area contributed by atoms with Crippen molar-refractivity contribution in [1.29, 1.82) is 0 Å². The monoisotopic (exact) mass is 539 g/mol. The minimum absolute atomic E-state index is 0. The number of nitrogens with one attached hydrogen (secondary N) is 3. The molecule has 2 heterocycles. The van der Waals surface area contributed by atoms with Crippen molar-refractivity contribution in [3.63, 3.8) is 0 Å². The fourth-order valence-corrected chi connectivity index (χ4v) is 3.44. The van der Waals surface area contributed by atoms with Crippen molar-refractivity contribution in [3.8, 4) is 0 Å². The van der Waals surface area contributed by atoms with E-state index in [0.29, 0.717) is 30.7 Å². The number of hydrogen-bond donors (Lipinski definition) is 3. The van der Waals surface area contributed by atoms with Crippen LogP contribution in [0.25, 0.3) is 0 Å². The molecular weight excluding hydrogens is 513 g/mol. The lowest BCUT2D eigenvalue weighted by atomic mass is 10.2. The van der Waals surface area contributed by atoms with Crippen LogP contribution in [0.2, 0.25) is 0 Å². The number of rotatable bonds is 7. The lowest BCUT2D eigenvalue weighted by molar-refractivity contribution is 0.0996. The van der Waals surface area contributed by atoms with Crippen LogP contribution in [0.1, 0.15) is 46.6 Å². The zero-order valence-corrected chi connectivity index (χ0v) is 20.3. The number of benzene rings is 1. The van der Waals surface area contributed by atoms with E-state index >= 15 is 0 Å². The molecule has 0 fully saturated rings. The van der Waals surface area contributed by atoms with Gasteiger partial charge in [0.25, 0.3) is 5.91 Å². The molecule has 2 aromatic heterocycles. The maximum atomic E-state index is 12.0. The predicted octanol–water partition coefficient (Wildman–Crippen LogP) is 4.60. The van der Waals surface area contributed by atoms with Crippen LogP contribution in [0.15, 0.2) is 57.5 Å². The molecule has 0 unspecified atom stereocenters. The van der Waals surface area contributed by atoms with Crippen molar-refractivity contribution in [2.75, 3.05) is 12.4 Å². The highest BCUT2D eigenvalue weighted by atomic mass is 127. The van der Waals surface area contributed by atoms with Crippen LogP contribution in [0.4, 0.5) is 5.69 Å². The van der Waals surface area contributed by atoms with Gasteiger partial charge in [-0.15, -0.1) is 35.3 Å². The average molecular weight is 539 g/mol. The number of nitrogens with zero attached hydrogens (tertiary/aromatic N) is 2. The third-order valence-corrected chi connectivity index (χ3v) is 5.08. The van der Waals surface area contributed by atoms with Crippen LogP contribution in [-0.4, -0.2) is 23.9 Å². The summed E-state index contributed by atoms with van der Waals surface area (Å²) in [5.74, 6) is 1.16. The number of carbonyl (C=O) groups is 1. The molecule has 9 heteroatoms. The number of carbonyl (C=O) groups excluding carboxylic acids is 1. The summed E-state index contributed by atoms with van der Waals surface area (Å²) in [6, 6.07) is 10.9. The zero-order chi connectivity index (χ0) is 20.6. The Morgan fingerprint density at radius 3 is 2.50 bits per heavy atom. The third-order valence-electron chi connectivity index (χ3n) is 4.21. The summed E-state index contributed by atoms with van der Waals surface area (Å²) in [5.41, 5.74) is 2.90. The largest absolute Gasteiger partial charge is 0.459 e. The van der Waals surface area contributed by atoms with Crippen LogP contribution >= 0.6 is 35.3 Å². The molecule has 0 aliphatic heterocycles. The lowest BCUT2D eigenvalue weighted by Crippen LogP contribution is -2.36. The Balaban J connectivity index is 0.00000320. The molecule has 0 aliphatic carbocycles. The molecule has 0 saturated heterocycles. The summed E-state index contributed by atoms with van der Waals surface area (Å²) in [7, 11) is 1.74. The standard InChI is InChI=1S/C21H25N5O2S.HI/c1-14(2)17-13-29-19(26-17)12-24-21(22-3)23-11-15-6-8-16(9-7-15)25-20(27)18-5-4-10-28-18;/h4-10,13-14H,11-12H2,1-3H3,(H,25,27)(H2,22,23,24);1H. The molecule has 0 saturated carbocycles. The van der Waals surface area contributed by atoms with Crippen LogP contribution in [0, 0.1) is 0 Å². The maximum absolute atomic E-state index is 12.0. The summed E-state index contributed by atoms with van der Waals surface area (Å²) in [5, 5.41) is 12.5. The lowest BCUT2D eigenvalue weighted by Gasteiger charge is -2.11. The molecule has 0 atom stereocenters. The van der Waals surface area contributed by atoms with Crippen LogP contribution in [0.3, 0.4) is 0 Å². The number of hydrogen-bond acceptors (Lipinski definition) is 5. The Morgan fingerprint density at radius 1 is 1.17 bits per heavy atom. The zero-order valence-electron chi connectivity index (χ0n) is 17.1. The Labute approximate surface area is 197 Å². The number of anilines is 1. The van der Waals surface area contributed by atoms with Gasteiger partial charge in [0.2, 0.25) is 0 Å². The summed E-state index contributed by atoms with van der Waals surface area (Å²) in [6.45, 7) is 5.52. The SMILES string of the molecule is CN=C(NCc1ccc(NC(=O)c2ccco2)cc1)NCc1nc(C(C)C)cs1.I. The molecule has 0 spiro atoms. The number of aliphatic imine (C=N–C) groups is 1. The van der Waals surface area contributed by atoms with Gasteiger partial charge in [0.15, 0.2) is 11.7 Å². The highest BCUT2D eigenvalue weighted by molar-refractivity contribution is 14.0. The van der Waals surface area contributed by atoms with E-state index in [9.17, 15) is 4.79 Å². The van der Waals surface area contributed by atoms with E-state index in [1.165, 1.54) is 6.26 Å². The molecule has 0 bridgehead atoms. The van der Waals surface area contributed by atoms with Gasteiger partial charge in [-0.3, -0.25) is 9.79 Å². The van der Waals surface area contributed by atoms with Crippen molar-refractivity contribution in [2.45, 2.75) is 32.9 Å². The van der Waals surface area contributed by atoms with Gasteiger partial charge in [-0.2, -0.15) is 0 Å². The van der Waals surface area contributed by atoms with E-state index in [-0.39, 0.29) is 35.6 Å². The number of aromatic nitrogens is 1. The Hall–Kier alpha value is -2.40. The molecule has 0 aliphatic rings. The highest BCUT2D eigenvalue weighted by Gasteiger charge is 2.09. The summed E-state index contributed by atoms with van der Waals surface area (Å²) in [4.78, 5) is 20.9. The molecule has 1 aromatic carbocycles. The fourth-order valence-electron chi connectivity index (χ4n) is 2.54. The van der Waals surface area contributed by atoms with E-state index in [2.05, 4.69) is 45.2 Å². The van der Waals surface area contributed by atoms with Crippen LogP contribution in [0.5, 0.6) is 0 Å². The molecule has 160 valence electrons. The second kappa shape index (κ2) is 11.7. The topological polar surface area (TPSA) is 91.5 Å². The van der Waals surface area contributed by atoms with Crippen molar-refractivity contribution < 1.29 is 9.21 Å². The van der Waals surface area contributed by atoms with E-state index in [1.54, 1.807) is 30.5 Å². The average Bonchev–Trinajstić information content (AvgIpc) is 3.41. The molecule has 7 nitrogen and oxygen atoms in total. The molecule has 0 radical (unpaired) electrons. The second-order valence-corrected chi connectivity index (χ2v) is 7.67. The second-order valence-electron chi connectivity index (χ2n) is 6.73. The highest BCUT2D eigenvalue weighted by Crippen LogP contribution is 2.17. The quantitative estimate of drug-likeness (QED) is 0.232. The first-order valence-corrected chi connectivity index (χ1v) is 10.3. The van der Waals surface area contributed by atoms with Crippen molar-refractivity contribution in [2.24, 2.45) is 4.99 Å². The first kappa shape index (κ1) is 23.9. The van der Waals surface area contributed by atoms with Gasteiger partial charge in [-0.1, -0.05) is 26.0 Å². The third kappa shape index (κ3) is 6.84. The Kier molecular flexibility index (Phi) is 9.31. The number of furan rings is 1. The van der Waals surface area contributed by atoms with Gasteiger partial charge in [0, 0.05) is 24.7 Å². The normalized spacial score (nSPS) is 11.1. The van der Waals surface area contributed by atoms with Gasteiger partial charge < -0.3 is 20.4 Å². The summed E-state index contributed by atoms with van der Waals surface area (Å²) in [6.07, 6.45) is 1.47. The molecule has 3 N–H and O–H groups in total. The Bertz CT molecular complexity index is 952. The van der Waals surface area contributed by atoms with Crippen LogP contribution in [-0.2, 0) is 13.1 Å². The molecule has 3 rings (SSSR count). The molecule has 30 heavy (non-hydrogen) atoms. The number of amides is 1. The summed E-state index contributed by atoms with van der Waals surface area (Å²) < 4.78 is 5.09. The smallest absolute Gasteiger partial charge is 0.291 e. The molecule has 3 aromatic rings. The molecular formula is C21H26IN5O2S. The fraction of sp³-hybridized carbons (Fsp3) is 0.286. The minimum Gasteiger partial charge on any atom is -0.459 e. The maximum Gasteiger partial charge on any atom is 0.291 e. The van der Waals surface area contributed by atoms with E-state index in [1.807, 2.05) is 24.3 Å². The predicted molar refractivity (Wildman–Crippen MR) is 132 cm³/mol. The number of guanidine groups is 1. The summed E-state index contributed by atoms with van der Waals surface area (Å²) >= 11 is 1.65. The van der Waals surface area contributed by atoms with Crippen molar-refractivity contribution in [3.05, 3.63) is 70.1 Å². The van der Waals surface area contributed by atoms with E-state index < -0.39 is 0 Å². The van der Waals surface area contributed by atoms with Gasteiger partial charge >= 0.3 is 0 Å². The minimum atomic E-state index is -0.270. The molecule has 1 amide bonds. The number of thiazole rings is 1. The van der Waals surface area contributed by atoms with Gasteiger partial charge in [0.05, 0.1) is 18.5 Å². The van der Waals surface area contributed by atoms with E-state index in [0.717, 1.165) is 16.3 Å². The first-order chi connectivity index (χ1) is 14.0. The van der Waals surface area contributed by atoms with Gasteiger partial charge in [0.1, 0.15) is 5.01 Å². The van der Waals surface area contributed by atoms with Gasteiger partial charge in [-0.05, 0) is 35.7 Å². The van der Waals surface area contributed by atoms with Crippen molar-refractivity contribution in [1.82, 2.24) is 15.6 Å². The van der Waals surface area contributed by atoms with Gasteiger partial charge in [-0.25, -0.2) is 4.98 Å². The van der Waals surface area contributed by atoms with Crippen LogP contribution < -0.4 is 16.0 Å².